The van der Waals surface area contributed by atoms with E-state index < -0.39 is 17.6 Å². The van der Waals surface area contributed by atoms with Gasteiger partial charge in [0.1, 0.15) is 11.6 Å². The molecule has 0 aliphatic heterocycles. The Morgan fingerprint density at radius 1 is 1.19 bits per heavy atom. The lowest BCUT2D eigenvalue weighted by Crippen LogP contribution is -1.95. The lowest BCUT2D eigenvalue weighted by molar-refractivity contribution is -0.137. The van der Waals surface area contributed by atoms with E-state index in [-0.39, 0.29) is 24.3 Å². The zero-order valence-electron chi connectivity index (χ0n) is 11.2. The Labute approximate surface area is 119 Å². The Kier molecular flexibility index (Phi) is 4.97. The van der Waals surface area contributed by atoms with Crippen LogP contribution in [0.25, 0.3) is 0 Å². The fraction of sp³-hybridized carbons (Fsp3) is 0.357. The predicted molar refractivity (Wildman–Crippen MR) is 68.7 cm³/mol. The van der Waals surface area contributed by atoms with Gasteiger partial charge < -0.3 is 9.52 Å². The predicted octanol–water partition coefficient (Wildman–Crippen LogP) is 2.74. The minimum absolute atomic E-state index is 0.0915. The van der Waals surface area contributed by atoms with Crippen LogP contribution in [0.5, 0.6) is 0 Å². The Hall–Kier alpha value is -2.31. The molecule has 112 valence electrons. The van der Waals surface area contributed by atoms with Crippen LogP contribution in [0.15, 0.2) is 22.6 Å². The summed E-state index contributed by atoms with van der Waals surface area (Å²) in [6.45, 7) is 0. The summed E-state index contributed by atoms with van der Waals surface area (Å²) in [4.78, 5) is 10.4. The number of halogens is 2. The molecule has 1 aromatic heterocycles. The molecule has 0 atom stereocenters. The molecule has 2 rings (SSSR count). The minimum Gasteiger partial charge on any atom is -0.481 e. The van der Waals surface area contributed by atoms with Crippen LogP contribution in [0.2, 0.25) is 0 Å². The van der Waals surface area contributed by atoms with Crippen molar-refractivity contribution >= 4 is 5.97 Å². The van der Waals surface area contributed by atoms with Crippen molar-refractivity contribution in [1.82, 2.24) is 10.2 Å². The van der Waals surface area contributed by atoms with E-state index in [9.17, 15) is 13.6 Å². The van der Waals surface area contributed by atoms with Crippen LogP contribution in [-0.4, -0.2) is 21.3 Å². The maximum Gasteiger partial charge on any atom is 0.303 e. The molecule has 0 radical (unpaired) electrons. The van der Waals surface area contributed by atoms with Crippen molar-refractivity contribution in [2.45, 2.75) is 32.1 Å². The van der Waals surface area contributed by atoms with E-state index in [1.165, 1.54) is 12.1 Å². The molecule has 21 heavy (non-hydrogen) atoms. The molecular formula is C14H14F2N2O3. The maximum atomic E-state index is 13.5. The Bertz CT molecular complexity index is 628. The molecule has 7 heteroatoms. The van der Waals surface area contributed by atoms with Gasteiger partial charge in [-0.05, 0) is 24.5 Å². The zero-order chi connectivity index (χ0) is 15.2. The standard InChI is InChI=1S/C14H14F2N2O3/c15-10-6-5-9(11(16)8-10)7-13-18-17-12(21-13)3-1-2-4-14(19)20/h5-6,8H,1-4,7H2,(H,19,20). The van der Waals surface area contributed by atoms with Gasteiger partial charge in [0.2, 0.25) is 11.8 Å². The van der Waals surface area contributed by atoms with Crippen LogP contribution in [0.1, 0.15) is 36.6 Å². The molecule has 0 spiro atoms. The highest BCUT2D eigenvalue weighted by Gasteiger charge is 2.11. The van der Waals surface area contributed by atoms with Crippen LogP contribution in [0.3, 0.4) is 0 Å². The van der Waals surface area contributed by atoms with E-state index in [4.69, 9.17) is 9.52 Å². The quantitative estimate of drug-likeness (QED) is 0.795. The summed E-state index contributed by atoms with van der Waals surface area (Å²) in [6.07, 6.45) is 1.82. The largest absolute Gasteiger partial charge is 0.481 e. The maximum absolute atomic E-state index is 13.5. The molecule has 1 heterocycles. The van der Waals surface area contributed by atoms with E-state index >= 15 is 0 Å². The second kappa shape index (κ2) is 6.92. The van der Waals surface area contributed by atoms with Gasteiger partial charge >= 0.3 is 5.97 Å². The van der Waals surface area contributed by atoms with Gasteiger partial charge in [-0.2, -0.15) is 0 Å². The summed E-state index contributed by atoms with van der Waals surface area (Å²) in [5.41, 5.74) is 0.275. The second-order valence-corrected chi connectivity index (χ2v) is 4.60. The average molecular weight is 296 g/mol. The Morgan fingerprint density at radius 3 is 2.67 bits per heavy atom. The van der Waals surface area contributed by atoms with Crippen molar-refractivity contribution in [2.75, 3.05) is 0 Å². The van der Waals surface area contributed by atoms with Gasteiger partial charge in [0.05, 0.1) is 6.42 Å². The van der Waals surface area contributed by atoms with Crippen LogP contribution < -0.4 is 0 Å². The summed E-state index contributed by atoms with van der Waals surface area (Å²) >= 11 is 0. The van der Waals surface area contributed by atoms with Crippen molar-refractivity contribution < 1.29 is 23.1 Å². The van der Waals surface area contributed by atoms with Gasteiger partial charge in [0.25, 0.3) is 0 Å². The third-order valence-corrected chi connectivity index (χ3v) is 2.90. The summed E-state index contributed by atoms with van der Waals surface area (Å²) in [6, 6.07) is 3.31. The second-order valence-electron chi connectivity index (χ2n) is 4.60. The number of carbonyl (C=O) groups is 1. The number of benzene rings is 1. The van der Waals surface area contributed by atoms with E-state index in [1.54, 1.807) is 0 Å². The fourth-order valence-electron chi connectivity index (χ4n) is 1.84. The van der Waals surface area contributed by atoms with Gasteiger partial charge in [0, 0.05) is 18.9 Å². The number of unbranched alkanes of at least 4 members (excludes halogenated alkanes) is 1. The highest BCUT2D eigenvalue weighted by molar-refractivity contribution is 5.66. The van der Waals surface area contributed by atoms with Crippen molar-refractivity contribution in [3.8, 4) is 0 Å². The number of aliphatic carboxylic acids is 1. The summed E-state index contributed by atoms with van der Waals surface area (Å²) in [5, 5.41) is 16.1. The lowest BCUT2D eigenvalue weighted by atomic mass is 10.1. The fourth-order valence-corrected chi connectivity index (χ4v) is 1.84. The number of carboxylic acid groups (broad SMARTS) is 1. The molecule has 2 aromatic rings. The van der Waals surface area contributed by atoms with Crippen molar-refractivity contribution in [2.24, 2.45) is 0 Å². The number of rotatable bonds is 7. The van der Waals surface area contributed by atoms with Crippen LogP contribution >= 0.6 is 0 Å². The third-order valence-electron chi connectivity index (χ3n) is 2.90. The van der Waals surface area contributed by atoms with Crippen LogP contribution in [0, 0.1) is 11.6 Å². The Balaban J connectivity index is 1.89. The highest BCUT2D eigenvalue weighted by atomic mass is 19.1. The molecule has 0 fully saturated rings. The molecule has 0 aliphatic carbocycles. The number of aromatic nitrogens is 2. The molecule has 1 N–H and O–H groups in total. The molecule has 0 aliphatic rings. The van der Waals surface area contributed by atoms with Gasteiger partial charge in [-0.15, -0.1) is 10.2 Å². The number of hydrogen-bond donors (Lipinski definition) is 1. The lowest BCUT2D eigenvalue weighted by Gasteiger charge is -1.99. The van der Waals surface area contributed by atoms with Crippen molar-refractivity contribution in [3.63, 3.8) is 0 Å². The number of carboxylic acids is 1. The van der Waals surface area contributed by atoms with E-state index in [0.29, 0.717) is 25.2 Å². The first-order valence-corrected chi connectivity index (χ1v) is 6.51. The minimum atomic E-state index is -0.840. The van der Waals surface area contributed by atoms with Crippen LogP contribution in [-0.2, 0) is 17.6 Å². The zero-order valence-corrected chi connectivity index (χ0v) is 11.2. The van der Waals surface area contributed by atoms with E-state index in [2.05, 4.69) is 10.2 Å². The topological polar surface area (TPSA) is 76.2 Å². The number of hydrogen-bond acceptors (Lipinski definition) is 4. The smallest absolute Gasteiger partial charge is 0.303 e. The molecule has 1 aromatic carbocycles. The summed E-state index contributed by atoms with van der Waals surface area (Å²) in [7, 11) is 0. The third kappa shape index (κ3) is 4.62. The first kappa shape index (κ1) is 15.1. The molecule has 5 nitrogen and oxygen atoms in total. The molecular weight excluding hydrogens is 282 g/mol. The van der Waals surface area contributed by atoms with E-state index in [1.807, 2.05) is 0 Å². The molecule has 0 saturated carbocycles. The van der Waals surface area contributed by atoms with Crippen molar-refractivity contribution in [1.29, 1.82) is 0 Å². The first-order chi connectivity index (χ1) is 10.0. The van der Waals surface area contributed by atoms with E-state index in [0.717, 1.165) is 6.07 Å². The van der Waals surface area contributed by atoms with Gasteiger partial charge in [-0.1, -0.05) is 6.07 Å². The van der Waals surface area contributed by atoms with Crippen LogP contribution in [0.4, 0.5) is 8.78 Å². The molecule has 0 saturated heterocycles. The SMILES string of the molecule is O=C(O)CCCCc1nnc(Cc2ccc(F)cc2F)o1. The first-order valence-electron chi connectivity index (χ1n) is 6.51. The van der Waals surface area contributed by atoms with Gasteiger partial charge in [0.15, 0.2) is 0 Å². The molecule has 0 unspecified atom stereocenters. The molecule has 0 amide bonds. The van der Waals surface area contributed by atoms with Crippen molar-refractivity contribution in [3.05, 3.63) is 47.2 Å². The monoisotopic (exact) mass is 296 g/mol. The summed E-state index contributed by atoms with van der Waals surface area (Å²) < 4.78 is 31.6. The number of aryl methyl sites for hydroxylation is 1. The molecule has 0 bridgehead atoms. The number of nitrogens with zero attached hydrogens (tertiary/aromatic N) is 2. The highest BCUT2D eigenvalue weighted by Crippen LogP contribution is 2.15. The summed E-state index contributed by atoms with van der Waals surface area (Å²) in [5.74, 6) is -1.50. The average Bonchev–Trinajstić information content (AvgIpc) is 2.85. The normalized spacial score (nSPS) is 10.8. The Morgan fingerprint density at radius 2 is 1.95 bits per heavy atom. The van der Waals surface area contributed by atoms with Gasteiger partial charge in [-0.3, -0.25) is 4.79 Å². The van der Waals surface area contributed by atoms with Gasteiger partial charge in [-0.25, -0.2) is 8.78 Å².